The molecular weight excluding hydrogens is 288 g/mol. The third-order valence-electron chi connectivity index (χ3n) is 3.11. The molecule has 2 rings (SSSR count). The van der Waals surface area contributed by atoms with E-state index in [4.69, 9.17) is 10.3 Å². The van der Waals surface area contributed by atoms with Gasteiger partial charge in [-0.1, -0.05) is 23.3 Å². The number of ether oxygens (including phenoxy) is 1. The van der Waals surface area contributed by atoms with Crippen molar-refractivity contribution in [1.29, 1.82) is 0 Å². The number of methoxy groups -OCH3 is 1. The van der Waals surface area contributed by atoms with Crippen LogP contribution >= 0.6 is 11.3 Å². The van der Waals surface area contributed by atoms with Gasteiger partial charge in [0, 0.05) is 16.2 Å². The van der Waals surface area contributed by atoms with Gasteiger partial charge in [-0.25, -0.2) is 4.79 Å². The van der Waals surface area contributed by atoms with Gasteiger partial charge in [0.15, 0.2) is 0 Å². The van der Waals surface area contributed by atoms with Crippen molar-refractivity contribution in [2.45, 2.75) is 12.5 Å². The lowest BCUT2D eigenvalue weighted by atomic mass is 10.1. The number of carbonyl (C=O) groups is 1. The Morgan fingerprint density at radius 3 is 3.10 bits per heavy atom. The summed E-state index contributed by atoms with van der Waals surface area (Å²) >= 11 is 1.60. The molecule has 0 aliphatic carbocycles. The van der Waals surface area contributed by atoms with E-state index in [2.05, 4.69) is 15.3 Å². The predicted molar refractivity (Wildman–Crippen MR) is 83.2 cm³/mol. The average Bonchev–Trinajstić information content (AvgIpc) is 2.94. The molecule has 7 heteroatoms. The predicted octanol–water partition coefficient (Wildman–Crippen LogP) is 3.41. The third-order valence-corrected chi connectivity index (χ3v) is 4.09. The first-order chi connectivity index (χ1) is 10.3. The zero-order chi connectivity index (χ0) is 15.1. The number of hydrogen-bond acceptors (Lipinski definition) is 5. The Balaban J connectivity index is 2.16. The van der Waals surface area contributed by atoms with Crippen molar-refractivity contribution in [3.63, 3.8) is 0 Å². The second-order valence-electron chi connectivity index (χ2n) is 4.41. The molecular formula is C14H16N4O2S. The van der Waals surface area contributed by atoms with Crippen molar-refractivity contribution >= 4 is 27.4 Å². The van der Waals surface area contributed by atoms with Crippen LogP contribution in [-0.2, 0) is 9.53 Å². The smallest absolute Gasteiger partial charge is 0.327 e. The number of nitrogens with one attached hydrogen (secondary N) is 1. The second-order valence-corrected chi connectivity index (χ2v) is 5.32. The first-order valence-corrected chi connectivity index (χ1v) is 7.44. The van der Waals surface area contributed by atoms with Crippen molar-refractivity contribution in [3.8, 4) is 0 Å². The summed E-state index contributed by atoms with van der Waals surface area (Å²) < 4.78 is 6.02. The molecule has 0 spiro atoms. The molecule has 0 amide bonds. The molecule has 1 heterocycles. The fourth-order valence-corrected chi connectivity index (χ4v) is 3.09. The average molecular weight is 304 g/mol. The molecule has 6 nitrogen and oxygen atoms in total. The topological polar surface area (TPSA) is 87.1 Å². The molecule has 1 aromatic heterocycles. The number of rotatable bonds is 7. The lowest BCUT2D eigenvalue weighted by molar-refractivity contribution is -0.143. The van der Waals surface area contributed by atoms with Crippen molar-refractivity contribution in [3.05, 3.63) is 45.7 Å². The number of benzene rings is 1. The van der Waals surface area contributed by atoms with Crippen LogP contribution in [0.3, 0.4) is 0 Å². The first-order valence-electron chi connectivity index (χ1n) is 6.56. The summed E-state index contributed by atoms with van der Waals surface area (Å²) in [6, 6.07) is 7.45. The van der Waals surface area contributed by atoms with E-state index in [1.165, 1.54) is 7.11 Å². The van der Waals surface area contributed by atoms with Gasteiger partial charge in [0.05, 0.1) is 7.11 Å². The molecule has 1 unspecified atom stereocenters. The van der Waals surface area contributed by atoms with Crippen molar-refractivity contribution in [2.24, 2.45) is 5.11 Å². The number of esters is 1. The Morgan fingerprint density at radius 1 is 1.52 bits per heavy atom. The maximum atomic E-state index is 12.0. The van der Waals surface area contributed by atoms with Crippen LogP contribution in [0.15, 0.2) is 34.8 Å². The monoisotopic (exact) mass is 304 g/mol. The molecule has 2 aromatic rings. The van der Waals surface area contributed by atoms with Crippen LogP contribution < -0.4 is 5.32 Å². The van der Waals surface area contributed by atoms with E-state index < -0.39 is 6.04 Å². The van der Waals surface area contributed by atoms with Gasteiger partial charge in [-0.3, -0.25) is 0 Å². The quantitative estimate of drug-likeness (QED) is 0.279. The fraction of sp³-hybridized carbons (Fsp3) is 0.357. The number of thiophene rings is 1. The lowest BCUT2D eigenvalue weighted by Crippen LogP contribution is -2.30. The maximum absolute atomic E-state index is 12.0. The maximum Gasteiger partial charge on any atom is 0.327 e. The summed E-state index contributed by atoms with van der Waals surface area (Å²) in [5, 5.41) is 9.68. The highest BCUT2D eigenvalue weighted by Gasteiger charge is 2.23. The fourth-order valence-electron chi connectivity index (χ4n) is 2.10. The van der Waals surface area contributed by atoms with Crippen LogP contribution in [0.1, 0.15) is 18.0 Å². The van der Waals surface area contributed by atoms with Gasteiger partial charge >= 0.3 is 5.97 Å². The lowest BCUT2D eigenvalue weighted by Gasteiger charge is -2.16. The molecule has 0 aliphatic heterocycles. The van der Waals surface area contributed by atoms with E-state index in [-0.39, 0.29) is 5.97 Å². The number of fused-ring (bicyclic) bond motifs is 1. The van der Waals surface area contributed by atoms with Crippen molar-refractivity contribution in [2.75, 3.05) is 20.2 Å². The molecule has 0 saturated carbocycles. The summed E-state index contributed by atoms with van der Waals surface area (Å²) in [6.45, 7) is 0.977. The second kappa shape index (κ2) is 7.64. The molecule has 0 bridgehead atoms. The molecule has 1 atom stereocenters. The van der Waals surface area contributed by atoms with E-state index in [1.807, 2.05) is 29.6 Å². The molecule has 1 aromatic carbocycles. The Hall–Kier alpha value is -2.08. The molecule has 0 aliphatic rings. The number of carbonyl (C=O) groups excluding carboxylic acids is 1. The summed E-state index contributed by atoms with van der Waals surface area (Å²) in [5.74, 6) is -0.317. The summed E-state index contributed by atoms with van der Waals surface area (Å²) in [7, 11) is 1.38. The van der Waals surface area contributed by atoms with E-state index >= 15 is 0 Å². The highest BCUT2D eigenvalue weighted by Crippen LogP contribution is 2.30. The summed E-state index contributed by atoms with van der Waals surface area (Å²) in [4.78, 5) is 14.7. The van der Waals surface area contributed by atoms with Gasteiger partial charge in [-0.15, -0.1) is 11.3 Å². The van der Waals surface area contributed by atoms with Crippen LogP contribution in [0.4, 0.5) is 0 Å². The van der Waals surface area contributed by atoms with E-state index in [0.29, 0.717) is 19.5 Å². The van der Waals surface area contributed by atoms with Crippen molar-refractivity contribution < 1.29 is 9.53 Å². The van der Waals surface area contributed by atoms with Crippen LogP contribution in [-0.4, -0.2) is 26.2 Å². The Morgan fingerprint density at radius 2 is 2.33 bits per heavy atom. The van der Waals surface area contributed by atoms with Crippen LogP contribution in [0.5, 0.6) is 0 Å². The summed E-state index contributed by atoms with van der Waals surface area (Å²) in [5.41, 5.74) is 9.16. The van der Waals surface area contributed by atoms with Gasteiger partial charge < -0.3 is 10.1 Å². The van der Waals surface area contributed by atoms with Gasteiger partial charge in [0.1, 0.15) is 6.04 Å². The molecule has 21 heavy (non-hydrogen) atoms. The molecule has 0 fully saturated rings. The van der Waals surface area contributed by atoms with Crippen LogP contribution in [0, 0.1) is 0 Å². The van der Waals surface area contributed by atoms with E-state index in [9.17, 15) is 4.79 Å². The van der Waals surface area contributed by atoms with E-state index in [1.54, 1.807) is 11.3 Å². The zero-order valence-corrected chi connectivity index (χ0v) is 12.5. The number of azide groups is 1. The van der Waals surface area contributed by atoms with Crippen LogP contribution in [0.2, 0.25) is 0 Å². The largest absolute Gasteiger partial charge is 0.468 e. The number of nitrogens with zero attached hydrogens (tertiary/aromatic N) is 3. The third kappa shape index (κ3) is 3.72. The molecule has 0 saturated heterocycles. The van der Waals surface area contributed by atoms with Gasteiger partial charge in [-0.05, 0) is 40.9 Å². The molecule has 1 N–H and O–H groups in total. The summed E-state index contributed by atoms with van der Waals surface area (Å²) in [6.07, 6.45) is 0.666. The minimum absolute atomic E-state index is 0.317. The minimum atomic E-state index is -0.503. The highest BCUT2D eigenvalue weighted by molar-refractivity contribution is 7.17. The van der Waals surface area contributed by atoms with Crippen molar-refractivity contribution in [1.82, 2.24) is 5.32 Å². The zero-order valence-electron chi connectivity index (χ0n) is 11.7. The minimum Gasteiger partial charge on any atom is -0.468 e. The Bertz CT molecular complexity index is 664. The molecule has 0 radical (unpaired) electrons. The number of hydrogen-bond donors (Lipinski definition) is 1. The highest BCUT2D eigenvalue weighted by atomic mass is 32.1. The molecule has 110 valence electrons. The SMILES string of the molecule is COC(=O)C(NCCCN=[N+]=[N-])c1csc2ccccc12. The Kier molecular flexibility index (Phi) is 5.57. The normalized spacial score (nSPS) is 11.9. The van der Waals surface area contributed by atoms with Gasteiger partial charge in [-0.2, -0.15) is 0 Å². The van der Waals surface area contributed by atoms with E-state index in [0.717, 1.165) is 15.6 Å². The standard InChI is InChI=1S/C14H16N4O2S/c1-20-14(19)13(16-7-4-8-17-18-15)11-9-21-12-6-3-2-5-10(11)12/h2-3,5-6,9,13,16H,4,7-8H2,1H3. The van der Waals surface area contributed by atoms with Crippen LogP contribution in [0.25, 0.3) is 20.5 Å². The first kappa shape index (κ1) is 15.3. The van der Waals surface area contributed by atoms with Gasteiger partial charge in [0.2, 0.25) is 0 Å². The Labute approximate surface area is 126 Å². The van der Waals surface area contributed by atoms with Gasteiger partial charge in [0.25, 0.3) is 0 Å².